The van der Waals surface area contributed by atoms with Crippen molar-refractivity contribution in [3.63, 3.8) is 0 Å². The zero-order valence-corrected chi connectivity index (χ0v) is 14.7. The Labute approximate surface area is 158 Å². The number of carbonyl (C=O) groups excluding carboxylic acids is 1. The molecule has 0 spiro atoms. The number of nitrogens with one attached hydrogen (secondary N) is 1. The lowest BCUT2D eigenvalue weighted by Crippen LogP contribution is -2.25. The molecular formula is C20H13ClFN3O2. The molecule has 0 bridgehead atoms. The van der Waals surface area contributed by atoms with Crippen molar-refractivity contribution in [1.82, 2.24) is 14.7 Å². The first-order chi connectivity index (χ1) is 13.0. The second-order valence-corrected chi connectivity index (χ2v) is 6.38. The van der Waals surface area contributed by atoms with Gasteiger partial charge in [-0.1, -0.05) is 29.8 Å². The molecule has 1 N–H and O–H groups in total. The van der Waals surface area contributed by atoms with E-state index in [1.54, 1.807) is 42.6 Å². The van der Waals surface area contributed by atoms with Gasteiger partial charge in [-0.25, -0.2) is 9.37 Å². The minimum atomic E-state index is -0.445. The molecule has 4 aromatic rings. The molecule has 4 rings (SSSR count). The number of pyridine rings is 1. The fourth-order valence-corrected chi connectivity index (χ4v) is 3.12. The van der Waals surface area contributed by atoms with Gasteiger partial charge < -0.3 is 5.32 Å². The van der Waals surface area contributed by atoms with Crippen LogP contribution in [0.3, 0.4) is 0 Å². The monoisotopic (exact) mass is 381 g/mol. The number of hydrogen-bond donors (Lipinski definition) is 1. The molecule has 2 heterocycles. The van der Waals surface area contributed by atoms with Crippen LogP contribution in [0.2, 0.25) is 5.02 Å². The van der Waals surface area contributed by atoms with Gasteiger partial charge in [0, 0.05) is 17.8 Å². The van der Waals surface area contributed by atoms with Crippen molar-refractivity contribution >= 4 is 34.1 Å². The zero-order valence-electron chi connectivity index (χ0n) is 13.9. The number of nitrogens with zero attached hydrogens (tertiary/aromatic N) is 2. The molecule has 0 saturated heterocycles. The van der Waals surface area contributed by atoms with Gasteiger partial charge in [0.05, 0.1) is 16.5 Å². The summed E-state index contributed by atoms with van der Waals surface area (Å²) in [7, 11) is 0. The standard InChI is InChI=1S/C20H13ClFN3O2/c21-16-10-13(22)8-7-12(16)11-23-19(26)15-5-3-9-25-18(15)24-17-6-2-1-4-14(17)20(25)27/h1-10H,11H2,(H,23,26). The average molecular weight is 382 g/mol. The summed E-state index contributed by atoms with van der Waals surface area (Å²) in [6.07, 6.45) is 1.57. The Hall–Kier alpha value is -3.25. The SMILES string of the molecule is O=C(NCc1ccc(F)cc1Cl)c1cccn2c(=O)c3ccccc3nc12. The first kappa shape index (κ1) is 17.2. The average Bonchev–Trinajstić information content (AvgIpc) is 2.67. The van der Waals surface area contributed by atoms with Crippen molar-refractivity contribution in [3.05, 3.63) is 93.1 Å². The predicted octanol–water partition coefficient (Wildman–Crippen LogP) is 3.57. The zero-order chi connectivity index (χ0) is 19.0. The van der Waals surface area contributed by atoms with Crippen molar-refractivity contribution in [1.29, 1.82) is 0 Å². The molecule has 0 unspecified atom stereocenters. The van der Waals surface area contributed by atoms with Gasteiger partial charge in [-0.3, -0.25) is 14.0 Å². The van der Waals surface area contributed by atoms with Crippen molar-refractivity contribution in [2.45, 2.75) is 6.54 Å². The normalized spacial score (nSPS) is 11.0. The molecule has 0 aliphatic rings. The highest BCUT2D eigenvalue weighted by atomic mass is 35.5. The smallest absolute Gasteiger partial charge is 0.265 e. The molecular weight excluding hydrogens is 369 g/mol. The maximum Gasteiger partial charge on any atom is 0.265 e. The lowest BCUT2D eigenvalue weighted by molar-refractivity contribution is 0.0952. The summed E-state index contributed by atoms with van der Waals surface area (Å²) in [4.78, 5) is 29.8. The van der Waals surface area contributed by atoms with Gasteiger partial charge in [0.15, 0.2) is 5.65 Å². The number of para-hydroxylation sites is 1. The number of rotatable bonds is 3. The summed E-state index contributed by atoms with van der Waals surface area (Å²) in [6.45, 7) is 0.122. The fourth-order valence-electron chi connectivity index (χ4n) is 2.89. The second-order valence-electron chi connectivity index (χ2n) is 5.97. The molecule has 0 atom stereocenters. The Bertz CT molecular complexity index is 1250. The van der Waals surface area contributed by atoms with E-state index in [0.29, 0.717) is 16.5 Å². The molecule has 5 nitrogen and oxygen atoms in total. The van der Waals surface area contributed by atoms with E-state index >= 15 is 0 Å². The van der Waals surface area contributed by atoms with Crippen LogP contribution in [0.1, 0.15) is 15.9 Å². The van der Waals surface area contributed by atoms with Gasteiger partial charge in [0.1, 0.15) is 5.82 Å². The summed E-state index contributed by atoms with van der Waals surface area (Å²) < 4.78 is 14.5. The minimum Gasteiger partial charge on any atom is -0.348 e. The number of benzene rings is 2. The number of amides is 1. The van der Waals surface area contributed by atoms with Crippen molar-refractivity contribution in [3.8, 4) is 0 Å². The molecule has 1 amide bonds. The van der Waals surface area contributed by atoms with E-state index in [4.69, 9.17) is 11.6 Å². The van der Waals surface area contributed by atoms with Crippen LogP contribution in [0.5, 0.6) is 0 Å². The molecule has 27 heavy (non-hydrogen) atoms. The van der Waals surface area contributed by atoms with Crippen molar-refractivity contribution in [2.75, 3.05) is 0 Å². The molecule has 2 aromatic carbocycles. The quantitative estimate of drug-likeness (QED) is 0.552. The van der Waals surface area contributed by atoms with Crippen LogP contribution in [-0.2, 0) is 6.54 Å². The highest BCUT2D eigenvalue weighted by Crippen LogP contribution is 2.17. The molecule has 7 heteroatoms. The molecule has 0 aliphatic carbocycles. The molecule has 134 valence electrons. The van der Waals surface area contributed by atoms with Crippen LogP contribution in [-0.4, -0.2) is 15.3 Å². The number of carbonyl (C=O) groups is 1. The Morgan fingerprint density at radius 1 is 1.15 bits per heavy atom. The van der Waals surface area contributed by atoms with Crippen molar-refractivity contribution in [2.24, 2.45) is 0 Å². The van der Waals surface area contributed by atoms with E-state index in [-0.39, 0.29) is 28.3 Å². The molecule has 0 aliphatic heterocycles. The Kier molecular flexibility index (Phi) is 4.33. The fraction of sp³-hybridized carbons (Fsp3) is 0.0500. The molecule has 0 fully saturated rings. The second kappa shape index (κ2) is 6.81. The van der Waals surface area contributed by atoms with Gasteiger partial charge in [0.2, 0.25) is 0 Å². The third-order valence-electron chi connectivity index (χ3n) is 4.25. The molecule has 0 saturated carbocycles. The van der Waals surface area contributed by atoms with Gasteiger partial charge in [-0.05, 0) is 42.0 Å². The Morgan fingerprint density at radius 3 is 2.78 bits per heavy atom. The van der Waals surface area contributed by atoms with Gasteiger partial charge in [-0.15, -0.1) is 0 Å². The lowest BCUT2D eigenvalue weighted by atomic mass is 10.2. The summed E-state index contributed by atoms with van der Waals surface area (Å²) in [5.74, 6) is -0.852. The Balaban J connectivity index is 1.72. The maximum absolute atomic E-state index is 13.1. The number of aromatic nitrogens is 2. The van der Waals surface area contributed by atoms with Crippen LogP contribution >= 0.6 is 11.6 Å². The van der Waals surface area contributed by atoms with Crippen LogP contribution in [0.25, 0.3) is 16.6 Å². The van der Waals surface area contributed by atoms with E-state index in [1.165, 1.54) is 22.6 Å². The summed E-state index contributed by atoms with van der Waals surface area (Å²) >= 11 is 5.99. The van der Waals surface area contributed by atoms with Gasteiger partial charge >= 0.3 is 0 Å². The van der Waals surface area contributed by atoms with Crippen LogP contribution < -0.4 is 10.9 Å². The van der Waals surface area contributed by atoms with Crippen LogP contribution in [0.4, 0.5) is 4.39 Å². The number of fused-ring (bicyclic) bond motifs is 2. The third-order valence-corrected chi connectivity index (χ3v) is 4.60. The van der Waals surface area contributed by atoms with Gasteiger partial charge in [-0.2, -0.15) is 0 Å². The van der Waals surface area contributed by atoms with Crippen LogP contribution in [0.15, 0.2) is 65.6 Å². The van der Waals surface area contributed by atoms with E-state index in [0.717, 1.165) is 0 Å². The third kappa shape index (κ3) is 3.15. The number of halogens is 2. The Morgan fingerprint density at radius 2 is 1.96 bits per heavy atom. The highest BCUT2D eigenvalue weighted by molar-refractivity contribution is 6.31. The first-order valence-electron chi connectivity index (χ1n) is 8.17. The predicted molar refractivity (Wildman–Crippen MR) is 102 cm³/mol. The lowest BCUT2D eigenvalue weighted by Gasteiger charge is -2.10. The minimum absolute atomic E-state index is 0.122. The van der Waals surface area contributed by atoms with E-state index in [2.05, 4.69) is 10.3 Å². The van der Waals surface area contributed by atoms with Crippen molar-refractivity contribution < 1.29 is 9.18 Å². The summed E-state index contributed by atoms with van der Waals surface area (Å²) in [5.41, 5.74) is 1.39. The van der Waals surface area contributed by atoms with E-state index in [1.807, 2.05) is 0 Å². The maximum atomic E-state index is 13.1. The number of hydrogen-bond acceptors (Lipinski definition) is 3. The first-order valence-corrected chi connectivity index (χ1v) is 8.54. The summed E-state index contributed by atoms with van der Waals surface area (Å²) in [6, 6.07) is 14.2. The van der Waals surface area contributed by atoms with Gasteiger partial charge in [0.25, 0.3) is 11.5 Å². The summed E-state index contributed by atoms with van der Waals surface area (Å²) in [5, 5.41) is 3.44. The van der Waals surface area contributed by atoms with E-state index < -0.39 is 11.7 Å². The van der Waals surface area contributed by atoms with E-state index in [9.17, 15) is 14.0 Å². The molecule has 2 aromatic heterocycles. The molecule has 0 radical (unpaired) electrons. The van der Waals surface area contributed by atoms with Crippen LogP contribution in [0, 0.1) is 5.82 Å². The topological polar surface area (TPSA) is 63.5 Å². The highest BCUT2D eigenvalue weighted by Gasteiger charge is 2.14. The largest absolute Gasteiger partial charge is 0.348 e.